The highest BCUT2D eigenvalue weighted by molar-refractivity contribution is 7.18. The van der Waals surface area contributed by atoms with Gasteiger partial charge in [0.25, 0.3) is 0 Å². The second-order valence-electron chi connectivity index (χ2n) is 7.43. The van der Waals surface area contributed by atoms with Gasteiger partial charge in [-0.05, 0) is 40.8 Å². The number of alkyl halides is 3. The van der Waals surface area contributed by atoms with Crippen LogP contribution in [-0.4, -0.2) is 28.5 Å². The molecule has 0 unspecified atom stereocenters. The number of anilines is 2. The predicted molar refractivity (Wildman–Crippen MR) is 114 cm³/mol. The van der Waals surface area contributed by atoms with Crippen molar-refractivity contribution in [2.45, 2.75) is 31.5 Å². The Bertz CT molecular complexity index is 1100. The lowest BCUT2D eigenvalue weighted by Gasteiger charge is -2.20. The minimum Gasteiger partial charge on any atom is -0.360 e. The first-order valence-corrected chi connectivity index (χ1v) is 10.4. The number of nitrogens with two attached hydrogens (primary N) is 1. The van der Waals surface area contributed by atoms with Crippen molar-refractivity contribution in [2.75, 3.05) is 17.2 Å². The average Bonchev–Trinajstić information content (AvgIpc) is 3.35. The topological polar surface area (TPSA) is 92.9 Å². The number of amides is 1. The van der Waals surface area contributed by atoms with Crippen molar-refractivity contribution >= 4 is 28.1 Å². The van der Waals surface area contributed by atoms with Crippen LogP contribution in [0.2, 0.25) is 0 Å². The van der Waals surface area contributed by atoms with Gasteiger partial charge in [-0.15, -0.1) is 0 Å². The Morgan fingerprint density at radius 2 is 2.03 bits per heavy atom. The van der Waals surface area contributed by atoms with Crippen LogP contribution in [0, 0.1) is 0 Å². The van der Waals surface area contributed by atoms with E-state index >= 15 is 0 Å². The standard InChI is InChI=1S/C21H20F3N5OS/c1-11(13-3-5-18(26-8-13)21(22,23)24)15(25)9-27-20-28-10-17(31-20)12-2-4-16-14(6-12)7-19(30)29-16/h2-6,8,10-11,15H,7,9,25H2,1H3,(H,27,28)(H,29,30)/t11-,15+/m0/s1. The Labute approximate surface area is 180 Å². The van der Waals surface area contributed by atoms with Gasteiger partial charge in [0.15, 0.2) is 5.13 Å². The number of hydrogen-bond donors (Lipinski definition) is 3. The summed E-state index contributed by atoms with van der Waals surface area (Å²) in [5, 5.41) is 6.70. The third-order valence-corrected chi connectivity index (χ3v) is 6.26. The number of nitrogens with one attached hydrogen (secondary N) is 2. The van der Waals surface area contributed by atoms with Crippen LogP contribution in [0.5, 0.6) is 0 Å². The number of halogens is 3. The number of pyridine rings is 1. The third kappa shape index (κ3) is 4.70. The highest BCUT2D eigenvalue weighted by Gasteiger charge is 2.32. The van der Waals surface area contributed by atoms with E-state index in [9.17, 15) is 18.0 Å². The maximum Gasteiger partial charge on any atom is 0.433 e. The van der Waals surface area contributed by atoms with E-state index in [1.54, 1.807) is 6.20 Å². The summed E-state index contributed by atoms with van der Waals surface area (Å²) < 4.78 is 38.0. The summed E-state index contributed by atoms with van der Waals surface area (Å²) in [6.45, 7) is 2.25. The lowest BCUT2D eigenvalue weighted by molar-refractivity contribution is -0.141. The van der Waals surface area contributed by atoms with E-state index in [0.717, 1.165) is 27.8 Å². The van der Waals surface area contributed by atoms with Crippen LogP contribution in [0.1, 0.15) is 29.7 Å². The minimum atomic E-state index is -4.46. The van der Waals surface area contributed by atoms with Gasteiger partial charge in [-0.2, -0.15) is 13.2 Å². The number of carbonyl (C=O) groups is 1. The maximum atomic E-state index is 12.7. The van der Waals surface area contributed by atoms with E-state index in [1.807, 2.05) is 25.1 Å². The number of rotatable bonds is 6. The van der Waals surface area contributed by atoms with E-state index < -0.39 is 11.9 Å². The fourth-order valence-electron chi connectivity index (χ4n) is 3.34. The molecular weight excluding hydrogens is 427 g/mol. The van der Waals surface area contributed by atoms with Crippen molar-refractivity contribution in [3.8, 4) is 10.4 Å². The molecule has 1 aromatic carbocycles. The number of nitrogens with zero attached hydrogens (tertiary/aromatic N) is 2. The molecule has 6 nitrogen and oxygen atoms in total. The molecule has 2 aromatic heterocycles. The van der Waals surface area contributed by atoms with Crippen molar-refractivity contribution in [1.29, 1.82) is 0 Å². The lowest BCUT2D eigenvalue weighted by Crippen LogP contribution is -2.34. The molecule has 0 fully saturated rings. The first-order valence-electron chi connectivity index (χ1n) is 9.62. The largest absolute Gasteiger partial charge is 0.433 e. The smallest absolute Gasteiger partial charge is 0.360 e. The SMILES string of the molecule is C[C@@H](c1ccc(C(F)(F)F)nc1)[C@H](N)CNc1ncc(-c2ccc3c(c2)CC(=O)N3)s1. The molecule has 1 aliphatic heterocycles. The Balaban J connectivity index is 1.37. The predicted octanol–water partition coefficient (Wildman–Crippen LogP) is 4.26. The van der Waals surface area contributed by atoms with Crippen molar-refractivity contribution in [1.82, 2.24) is 9.97 Å². The second-order valence-corrected chi connectivity index (χ2v) is 8.47. The van der Waals surface area contributed by atoms with Crippen molar-refractivity contribution < 1.29 is 18.0 Å². The first-order chi connectivity index (χ1) is 14.7. The normalized spacial score (nSPS) is 15.3. The van der Waals surface area contributed by atoms with Crippen molar-refractivity contribution in [2.24, 2.45) is 5.73 Å². The summed E-state index contributed by atoms with van der Waals surface area (Å²) in [4.78, 5) is 20.4. The number of thiazole rings is 1. The Morgan fingerprint density at radius 3 is 2.74 bits per heavy atom. The number of hydrogen-bond acceptors (Lipinski definition) is 6. The van der Waals surface area contributed by atoms with Crippen LogP contribution in [0.4, 0.5) is 24.0 Å². The molecule has 4 rings (SSSR count). The third-order valence-electron chi connectivity index (χ3n) is 5.25. The maximum absolute atomic E-state index is 12.7. The number of fused-ring (bicyclic) bond motifs is 1. The van der Waals surface area contributed by atoms with Crippen LogP contribution in [0.3, 0.4) is 0 Å². The molecule has 10 heteroatoms. The van der Waals surface area contributed by atoms with Crippen LogP contribution in [0.15, 0.2) is 42.7 Å². The van der Waals surface area contributed by atoms with Crippen LogP contribution < -0.4 is 16.4 Å². The number of carbonyl (C=O) groups excluding carboxylic acids is 1. The molecule has 0 aliphatic carbocycles. The molecule has 3 aromatic rings. The molecule has 162 valence electrons. The molecule has 3 heterocycles. The lowest BCUT2D eigenvalue weighted by atomic mass is 9.95. The summed E-state index contributed by atoms with van der Waals surface area (Å²) in [6.07, 6.45) is -1.10. The molecule has 0 bridgehead atoms. The van der Waals surface area contributed by atoms with Crippen LogP contribution in [-0.2, 0) is 17.4 Å². The summed E-state index contributed by atoms with van der Waals surface area (Å²) in [5.41, 5.74) is 8.75. The summed E-state index contributed by atoms with van der Waals surface area (Å²) >= 11 is 1.47. The fraction of sp³-hybridized carbons (Fsp3) is 0.286. The molecule has 0 saturated heterocycles. The quantitative estimate of drug-likeness (QED) is 0.525. The van der Waals surface area contributed by atoms with E-state index in [4.69, 9.17) is 5.73 Å². The van der Waals surface area contributed by atoms with Gasteiger partial charge < -0.3 is 16.4 Å². The van der Waals surface area contributed by atoms with Gasteiger partial charge in [-0.3, -0.25) is 9.78 Å². The molecule has 1 aliphatic rings. The molecule has 4 N–H and O–H groups in total. The van der Waals surface area contributed by atoms with Crippen LogP contribution >= 0.6 is 11.3 Å². The highest BCUT2D eigenvalue weighted by atomic mass is 32.1. The second kappa shape index (κ2) is 8.27. The molecule has 0 spiro atoms. The molecule has 2 atom stereocenters. The van der Waals surface area contributed by atoms with E-state index in [-0.39, 0.29) is 17.9 Å². The Kier molecular flexibility index (Phi) is 5.67. The molecule has 31 heavy (non-hydrogen) atoms. The van der Waals surface area contributed by atoms with Crippen molar-refractivity contribution in [3.63, 3.8) is 0 Å². The van der Waals surface area contributed by atoms with Gasteiger partial charge in [0, 0.05) is 30.7 Å². The van der Waals surface area contributed by atoms with Gasteiger partial charge in [-0.25, -0.2) is 4.98 Å². The molecule has 1 amide bonds. The van der Waals surface area contributed by atoms with Crippen molar-refractivity contribution in [3.05, 3.63) is 59.5 Å². The fourth-order valence-corrected chi connectivity index (χ4v) is 4.16. The van der Waals surface area contributed by atoms with Gasteiger partial charge in [0.1, 0.15) is 5.69 Å². The monoisotopic (exact) mass is 447 g/mol. The summed E-state index contributed by atoms with van der Waals surface area (Å²) in [5.74, 6) is -0.200. The summed E-state index contributed by atoms with van der Waals surface area (Å²) in [6, 6.07) is 7.85. The molecule has 0 radical (unpaired) electrons. The van der Waals surface area contributed by atoms with E-state index in [2.05, 4.69) is 20.6 Å². The minimum absolute atomic E-state index is 0.00911. The van der Waals surface area contributed by atoms with Gasteiger partial charge in [0.2, 0.25) is 5.91 Å². The molecule has 0 saturated carbocycles. The van der Waals surface area contributed by atoms with Gasteiger partial charge in [-0.1, -0.05) is 30.4 Å². The van der Waals surface area contributed by atoms with Gasteiger partial charge in [0.05, 0.1) is 11.3 Å². The Hall–Kier alpha value is -2.98. The Morgan fingerprint density at radius 1 is 1.23 bits per heavy atom. The van der Waals surface area contributed by atoms with Crippen LogP contribution in [0.25, 0.3) is 10.4 Å². The zero-order valence-corrected chi connectivity index (χ0v) is 17.3. The average molecular weight is 447 g/mol. The zero-order chi connectivity index (χ0) is 22.2. The zero-order valence-electron chi connectivity index (χ0n) is 16.5. The molecular formula is C21H20F3N5OS. The van der Waals surface area contributed by atoms with E-state index in [1.165, 1.54) is 23.6 Å². The highest BCUT2D eigenvalue weighted by Crippen LogP contribution is 2.33. The van der Waals surface area contributed by atoms with E-state index in [0.29, 0.717) is 23.7 Å². The van der Waals surface area contributed by atoms with Gasteiger partial charge >= 0.3 is 6.18 Å². The summed E-state index contributed by atoms with van der Waals surface area (Å²) in [7, 11) is 0. The number of benzene rings is 1. The number of aromatic nitrogens is 2. The first kappa shape index (κ1) is 21.3.